The van der Waals surface area contributed by atoms with E-state index >= 15 is 0 Å². The summed E-state index contributed by atoms with van der Waals surface area (Å²) >= 11 is 0. The van der Waals surface area contributed by atoms with E-state index in [1.54, 1.807) is 18.2 Å². The molecule has 0 aliphatic carbocycles. The van der Waals surface area contributed by atoms with Crippen molar-refractivity contribution in [3.63, 3.8) is 0 Å². The third-order valence-corrected chi connectivity index (χ3v) is 4.90. The number of rotatable bonds is 8. The van der Waals surface area contributed by atoms with Crippen LogP contribution in [0.4, 0.5) is 11.4 Å². The third kappa shape index (κ3) is 5.03. The molecule has 2 aromatic carbocycles. The van der Waals surface area contributed by atoms with Gasteiger partial charge in [-0.15, -0.1) is 0 Å². The molecular weight excluding hydrogens is 340 g/mol. The van der Waals surface area contributed by atoms with E-state index in [-0.39, 0.29) is 4.90 Å². The molecule has 0 unspecified atom stereocenters. The Morgan fingerprint density at radius 2 is 1.52 bits per heavy atom. The molecule has 0 heterocycles. The Balaban J connectivity index is 2.15. The van der Waals surface area contributed by atoms with Crippen LogP contribution < -0.4 is 19.5 Å². The zero-order valence-corrected chi connectivity index (χ0v) is 15.7. The molecule has 6 nitrogen and oxygen atoms in total. The average Bonchev–Trinajstić information content (AvgIpc) is 2.60. The molecule has 0 saturated heterocycles. The molecule has 0 aliphatic heterocycles. The van der Waals surface area contributed by atoms with Gasteiger partial charge in [-0.2, -0.15) is 0 Å². The van der Waals surface area contributed by atoms with Gasteiger partial charge in [-0.1, -0.05) is 13.8 Å². The van der Waals surface area contributed by atoms with Crippen LogP contribution in [0.3, 0.4) is 0 Å². The average molecular weight is 364 g/mol. The van der Waals surface area contributed by atoms with Crippen LogP contribution in [0, 0.1) is 5.92 Å². The molecule has 2 N–H and O–H groups in total. The summed E-state index contributed by atoms with van der Waals surface area (Å²) < 4.78 is 37.9. The van der Waals surface area contributed by atoms with Crippen LogP contribution in [0.2, 0.25) is 0 Å². The maximum atomic E-state index is 12.5. The van der Waals surface area contributed by atoms with E-state index in [2.05, 4.69) is 23.9 Å². The molecule has 0 bridgehead atoms. The summed E-state index contributed by atoms with van der Waals surface area (Å²) in [5.41, 5.74) is 1.44. The second-order valence-electron chi connectivity index (χ2n) is 5.97. The van der Waals surface area contributed by atoms with Crippen LogP contribution >= 0.6 is 0 Å². The topological polar surface area (TPSA) is 76.7 Å². The Labute approximate surface area is 149 Å². The van der Waals surface area contributed by atoms with Crippen molar-refractivity contribution in [2.75, 3.05) is 30.8 Å². The van der Waals surface area contributed by atoms with Crippen LogP contribution in [0.5, 0.6) is 11.5 Å². The molecule has 0 aliphatic rings. The lowest BCUT2D eigenvalue weighted by Crippen LogP contribution is -2.13. The predicted molar refractivity (Wildman–Crippen MR) is 100 cm³/mol. The van der Waals surface area contributed by atoms with Crippen molar-refractivity contribution in [3.05, 3.63) is 42.5 Å². The molecule has 136 valence electrons. The Hall–Kier alpha value is -2.41. The van der Waals surface area contributed by atoms with E-state index in [0.29, 0.717) is 23.1 Å². The highest BCUT2D eigenvalue weighted by atomic mass is 32.2. The minimum absolute atomic E-state index is 0.104. The monoisotopic (exact) mass is 364 g/mol. The summed E-state index contributed by atoms with van der Waals surface area (Å²) in [4.78, 5) is 0.104. The lowest BCUT2D eigenvalue weighted by atomic mass is 10.2. The third-order valence-electron chi connectivity index (χ3n) is 3.52. The smallest absolute Gasteiger partial charge is 0.262 e. The van der Waals surface area contributed by atoms with Gasteiger partial charge >= 0.3 is 0 Å². The van der Waals surface area contributed by atoms with Crippen molar-refractivity contribution in [2.24, 2.45) is 5.92 Å². The Bertz CT molecular complexity index is 802. The van der Waals surface area contributed by atoms with Gasteiger partial charge in [-0.3, -0.25) is 4.72 Å². The van der Waals surface area contributed by atoms with Crippen LogP contribution in [-0.4, -0.2) is 29.2 Å². The number of sulfonamides is 1. The highest BCUT2D eigenvalue weighted by Crippen LogP contribution is 2.30. The van der Waals surface area contributed by atoms with Gasteiger partial charge in [0.2, 0.25) is 0 Å². The number of hydrogen-bond acceptors (Lipinski definition) is 5. The first-order valence-corrected chi connectivity index (χ1v) is 9.43. The van der Waals surface area contributed by atoms with Gasteiger partial charge in [0.25, 0.3) is 10.0 Å². The van der Waals surface area contributed by atoms with E-state index in [9.17, 15) is 8.42 Å². The molecule has 0 radical (unpaired) electrons. The normalized spacial score (nSPS) is 11.2. The molecule has 0 saturated carbocycles. The minimum Gasteiger partial charge on any atom is -0.493 e. The summed E-state index contributed by atoms with van der Waals surface area (Å²) in [5.74, 6) is 1.36. The molecule has 0 aromatic heterocycles. The molecule has 0 spiro atoms. The number of ether oxygens (including phenoxy) is 2. The van der Waals surface area contributed by atoms with Gasteiger partial charge in [0.05, 0.1) is 19.1 Å². The van der Waals surface area contributed by atoms with E-state index in [1.165, 1.54) is 26.4 Å². The number of benzene rings is 2. The minimum atomic E-state index is -3.72. The second kappa shape index (κ2) is 8.11. The van der Waals surface area contributed by atoms with Gasteiger partial charge in [0, 0.05) is 24.0 Å². The molecule has 2 rings (SSSR count). The van der Waals surface area contributed by atoms with E-state index in [0.717, 1.165) is 12.2 Å². The molecular formula is C18H24N2O4S. The number of methoxy groups -OCH3 is 2. The standard InChI is InChI=1S/C18H24N2O4S/c1-13(2)12-19-14-5-7-15(8-6-14)20-25(21,22)16-9-10-17(23-3)18(11-16)24-4/h5-11,13,19-20H,12H2,1-4H3. The second-order valence-corrected chi connectivity index (χ2v) is 7.66. The Morgan fingerprint density at radius 1 is 0.920 bits per heavy atom. The van der Waals surface area contributed by atoms with Crippen molar-refractivity contribution in [1.82, 2.24) is 0 Å². The summed E-state index contributed by atoms with van der Waals surface area (Å²) in [7, 11) is -0.753. The van der Waals surface area contributed by atoms with Crippen molar-refractivity contribution in [3.8, 4) is 11.5 Å². The molecule has 2 aromatic rings. The number of anilines is 2. The number of nitrogens with one attached hydrogen (secondary N) is 2. The van der Waals surface area contributed by atoms with Gasteiger partial charge < -0.3 is 14.8 Å². The van der Waals surface area contributed by atoms with Crippen LogP contribution in [0.15, 0.2) is 47.4 Å². The zero-order valence-electron chi connectivity index (χ0n) is 14.9. The SMILES string of the molecule is COc1ccc(S(=O)(=O)Nc2ccc(NCC(C)C)cc2)cc1OC. The molecule has 7 heteroatoms. The van der Waals surface area contributed by atoms with E-state index in [1.807, 2.05) is 12.1 Å². The van der Waals surface area contributed by atoms with Crippen LogP contribution in [0.25, 0.3) is 0 Å². The first-order valence-electron chi connectivity index (χ1n) is 7.94. The highest BCUT2D eigenvalue weighted by Gasteiger charge is 2.17. The van der Waals surface area contributed by atoms with Gasteiger partial charge in [-0.25, -0.2) is 8.42 Å². The lowest BCUT2D eigenvalue weighted by Gasteiger charge is -2.13. The van der Waals surface area contributed by atoms with Crippen molar-refractivity contribution in [1.29, 1.82) is 0 Å². The summed E-state index contributed by atoms with van der Waals surface area (Å²) in [6.07, 6.45) is 0. The fourth-order valence-corrected chi connectivity index (χ4v) is 3.25. The molecule has 25 heavy (non-hydrogen) atoms. The van der Waals surface area contributed by atoms with Crippen LogP contribution in [-0.2, 0) is 10.0 Å². The first kappa shape index (κ1) is 18.9. The van der Waals surface area contributed by atoms with Crippen LogP contribution in [0.1, 0.15) is 13.8 Å². The number of hydrogen-bond donors (Lipinski definition) is 2. The fourth-order valence-electron chi connectivity index (χ4n) is 2.18. The molecule has 0 atom stereocenters. The highest BCUT2D eigenvalue weighted by molar-refractivity contribution is 7.92. The van der Waals surface area contributed by atoms with E-state index in [4.69, 9.17) is 9.47 Å². The lowest BCUT2D eigenvalue weighted by molar-refractivity contribution is 0.354. The molecule has 0 fully saturated rings. The van der Waals surface area contributed by atoms with E-state index < -0.39 is 10.0 Å². The quantitative estimate of drug-likeness (QED) is 0.749. The summed E-state index contributed by atoms with van der Waals surface area (Å²) in [6.45, 7) is 5.11. The van der Waals surface area contributed by atoms with Gasteiger partial charge in [0.1, 0.15) is 0 Å². The zero-order chi connectivity index (χ0) is 18.4. The summed E-state index contributed by atoms with van der Waals surface area (Å²) in [6, 6.07) is 11.6. The largest absolute Gasteiger partial charge is 0.493 e. The predicted octanol–water partition coefficient (Wildman–Crippen LogP) is 3.57. The molecule has 0 amide bonds. The maximum Gasteiger partial charge on any atom is 0.262 e. The first-order chi connectivity index (χ1) is 11.9. The van der Waals surface area contributed by atoms with Crippen molar-refractivity contribution >= 4 is 21.4 Å². The fraction of sp³-hybridized carbons (Fsp3) is 0.333. The maximum absolute atomic E-state index is 12.5. The van der Waals surface area contributed by atoms with Crippen molar-refractivity contribution < 1.29 is 17.9 Å². The van der Waals surface area contributed by atoms with Crippen molar-refractivity contribution in [2.45, 2.75) is 18.7 Å². The van der Waals surface area contributed by atoms with Gasteiger partial charge in [-0.05, 0) is 42.3 Å². The van der Waals surface area contributed by atoms with Gasteiger partial charge in [0.15, 0.2) is 11.5 Å². The Morgan fingerprint density at radius 3 is 2.08 bits per heavy atom. The Kier molecular flexibility index (Phi) is 6.14. The summed E-state index contributed by atoms with van der Waals surface area (Å²) in [5, 5.41) is 3.29.